The van der Waals surface area contributed by atoms with Crippen LogP contribution in [0.1, 0.15) is 22.6 Å². The average Bonchev–Trinajstić information content (AvgIpc) is 2.55. The smallest absolute Gasteiger partial charge is 0.318 e. The van der Waals surface area contributed by atoms with Crippen molar-refractivity contribution in [2.75, 3.05) is 18.9 Å². The third-order valence-corrected chi connectivity index (χ3v) is 4.88. The minimum absolute atomic E-state index is 0.0210. The lowest BCUT2D eigenvalue weighted by Crippen LogP contribution is -2.31. The van der Waals surface area contributed by atoms with Crippen LogP contribution >= 0.6 is 23.2 Å². The van der Waals surface area contributed by atoms with E-state index in [1.165, 1.54) is 12.1 Å². The number of benzene rings is 2. The normalized spacial score (nSPS) is 17.7. The molecule has 26 heavy (non-hydrogen) atoms. The lowest BCUT2D eigenvalue weighted by Gasteiger charge is -2.33. The van der Waals surface area contributed by atoms with Gasteiger partial charge in [-0.05, 0) is 48.0 Å². The van der Waals surface area contributed by atoms with E-state index in [2.05, 4.69) is 4.90 Å². The third kappa shape index (κ3) is 3.98. The number of fused-ring (bicyclic) bond motifs is 1. The second-order valence-electron chi connectivity index (χ2n) is 6.28. The number of halogens is 5. The number of nitrogens with zero attached hydrogens (tertiary/aromatic N) is 1. The fraction of sp³-hybridized carbons (Fsp3) is 0.278. The zero-order valence-electron chi connectivity index (χ0n) is 13.7. The number of alkyl halides is 3. The summed E-state index contributed by atoms with van der Waals surface area (Å²) in [6.45, 7) is 1.42. The Labute approximate surface area is 158 Å². The van der Waals surface area contributed by atoms with Gasteiger partial charge in [-0.1, -0.05) is 35.3 Å². The van der Waals surface area contributed by atoms with Gasteiger partial charge in [-0.2, -0.15) is 13.2 Å². The van der Waals surface area contributed by atoms with Gasteiger partial charge in [0.05, 0.1) is 0 Å². The first-order valence-electron chi connectivity index (χ1n) is 7.79. The summed E-state index contributed by atoms with van der Waals surface area (Å²) in [7, 11) is 1.97. The number of hydrogen-bond donors (Lipinski definition) is 1. The van der Waals surface area contributed by atoms with Gasteiger partial charge in [0.1, 0.15) is 0 Å². The Morgan fingerprint density at radius 1 is 1.19 bits per heavy atom. The van der Waals surface area contributed by atoms with E-state index in [9.17, 15) is 18.0 Å². The van der Waals surface area contributed by atoms with Gasteiger partial charge in [0.15, 0.2) is 0 Å². The van der Waals surface area contributed by atoms with Gasteiger partial charge < -0.3 is 10.2 Å². The van der Waals surface area contributed by atoms with Crippen molar-refractivity contribution >= 4 is 34.8 Å². The van der Waals surface area contributed by atoms with Crippen molar-refractivity contribution in [1.29, 1.82) is 0 Å². The fourth-order valence-electron chi connectivity index (χ4n) is 3.13. The molecule has 2 aromatic carbocycles. The van der Waals surface area contributed by atoms with E-state index in [0.717, 1.165) is 23.2 Å². The van der Waals surface area contributed by atoms with Gasteiger partial charge in [0.2, 0.25) is 0 Å². The number of hydrogen-bond acceptors (Lipinski definition) is 2. The Morgan fingerprint density at radius 3 is 2.46 bits per heavy atom. The van der Waals surface area contributed by atoms with E-state index in [1.54, 1.807) is 18.2 Å². The predicted molar refractivity (Wildman–Crippen MR) is 95.8 cm³/mol. The molecule has 3 nitrogen and oxygen atoms in total. The first-order valence-corrected chi connectivity index (χ1v) is 8.55. The van der Waals surface area contributed by atoms with E-state index in [4.69, 9.17) is 23.2 Å². The van der Waals surface area contributed by atoms with Gasteiger partial charge in [-0.15, -0.1) is 0 Å². The summed E-state index contributed by atoms with van der Waals surface area (Å²) in [5, 5.41) is 2.98. The van der Waals surface area contributed by atoms with E-state index in [1.807, 2.05) is 18.4 Å². The molecule has 0 aliphatic carbocycles. The standard InChI is InChI=1S/C18H15Cl2F3N2O/c1-25-8-14(13-6-11(19)7-16(20)15(13)9-25)10-2-4-12(5-3-10)24-17(26)18(21,22)23/h2-7,14H,8-9H2,1H3,(H,24,26). The van der Waals surface area contributed by atoms with Crippen LogP contribution in [-0.4, -0.2) is 30.6 Å². The van der Waals surface area contributed by atoms with Crippen LogP contribution in [0.5, 0.6) is 0 Å². The zero-order chi connectivity index (χ0) is 19.1. The molecule has 1 aliphatic heterocycles. The van der Waals surface area contributed by atoms with Crippen molar-refractivity contribution in [1.82, 2.24) is 4.90 Å². The van der Waals surface area contributed by atoms with Crippen LogP contribution in [-0.2, 0) is 11.3 Å². The molecule has 0 spiro atoms. The SMILES string of the molecule is CN1Cc2c(Cl)cc(Cl)cc2C(c2ccc(NC(=O)C(F)(F)F)cc2)C1. The van der Waals surface area contributed by atoms with E-state index < -0.39 is 12.1 Å². The molecule has 0 saturated heterocycles. The summed E-state index contributed by atoms with van der Waals surface area (Å²) in [5.41, 5.74) is 2.99. The average molecular weight is 403 g/mol. The Morgan fingerprint density at radius 2 is 1.85 bits per heavy atom. The number of amides is 1. The molecule has 0 bridgehead atoms. The maximum absolute atomic E-state index is 12.3. The molecule has 8 heteroatoms. The number of nitrogens with one attached hydrogen (secondary N) is 1. The molecule has 1 N–H and O–H groups in total. The Balaban J connectivity index is 1.90. The van der Waals surface area contributed by atoms with Crippen molar-refractivity contribution in [3.05, 3.63) is 63.1 Å². The van der Waals surface area contributed by atoms with E-state index in [-0.39, 0.29) is 11.6 Å². The maximum atomic E-state index is 12.3. The van der Waals surface area contributed by atoms with Gasteiger partial charge >= 0.3 is 12.1 Å². The molecular weight excluding hydrogens is 388 g/mol. The van der Waals surface area contributed by atoms with Crippen molar-refractivity contribution in [2.24, 2.45) is 0 Å². The quantitative estimate of drug-likeness (QED) is 0.760. The van der Waals surface area contributed by atoms with Crippen LogP contribution < -0.4 is 5.32 Å². The van der Waals surface area contributed by atoms with Crippen molar-refractivity contribution < 1.29 is 18.0 Å². The van der Waals surface area contributed by atoms with Gasteiger partial charge in [0, 0.05) is 34.7 Å². The van der Waals surface area contributed by atoms with E-state index >= 15 is 0 Å². The molecule has 1 atom stereocenters. The zero-order valence-corrected chi connectivity index (χ0v) is 15.2. The topological polar surface area (TPSA) is 32.3 Å². The Bertz CT molecular complexity index is 838. The van der Waals surface area contributed by atoms with E-state index in [0.29, 0.717) is 16.6 Å². The fourth-order valence-corrected chi connectivity index (χ4v) is 3.70. The monoisotopic (exact) mass is 402 g/mol. The first-order chi connectivity index (χ1) is 12.1. The molecule has 1 aliphatic rings. The Hall–Kier alpha value is -1.76. The number of carbonyl (C=O) groups excluding carboxylic acids is 1. The van der Waals surface area contributed by atoms with Crippen LogP contribution in [0.3, 0.4) is 0 Å². The first kappa shape index (κ1) is 19.0. The molecule has 1 amide bonds. The van der Waals surface area contributed by atoms with Crippen molar-refractivity contribution in [3.8, 4) is 0 Å². The molecule has 1 unspecified atom stereocenters. The van der Waals surface area contributed by atoms with Crippen LogP contribution in [0.15, 0.2) is 36.4 Å². The van der Waals surface area contributed by atoms with Crippen LogP contribution in [0, 0.1) is 0 Å². The maximum Gasteiger partial charge on any atom is 0.471 e. The molecule has 3 rings (SSSR count). The second kappa shape index (κ2) is 7.10. The van der Waals surface area contributed by atoms with Gasteiger partial charge in [-0.3, -0.25) is 4.79 Å². The largest absolute Gasteiger partial charge is 0.471 e. The minimum atomic E-state index is -4.92. The molecule has 0 fully saturated rings. The molecule has 0 radical (unpaired) electrons. The van der Waals surface area contributed by atoms with Crippen LogP contribution in [0.2, 0.25) is 10.0 Å². The molecule has 1 heterocycles. The highest BCUT2D eigenvalue weighted by Crippen LogP contribution is 2.38. The lowest BCUT2D eigenvalue weighted by molar-refractivity contribution is -0.167. The minimum Gasteiger partial charge on any atom is -0.318 e. The predicted octanol–water partition coefficient (Wildman–Crippen LogP) is 5.07. The number of anilines is 1. The third-order valence-electron chi connectivity index (χ3n) is 4.32. The van der Waals surface area contributed by atoms with Crippen LogP contribution in [0.25, 0.3) is 0 Å². The summed E-state index contributed by atoms with van der Waals surface area (Å²) in [5.74, 6) is -2.01. The molecule has 0 saturated carbocycles. The second-order valence-corrected chi connectivity index (χ2v) is 7.12. The summed E-state index contributed by atoms with van der Waals surface area (Å²) in [6, 6.07) is 9.90. The lowest BCUT2D eigenvalue weighted by atomic mass is 9.84. The highest BCUT2D eigenvalue weighted by atomic mass is 35.5. The highest BCUT2D eigenvalue weighted by molar-refractivity contribution is 6.35. The van der Waals surface area contributed by atoms with Crippen LogP contribution in [0.4, 0.5) is 18.9 Å². The molecule has 138 valence electrons. The number of carbonyl (C=O) groups is 1. The van der Waals surface area contributed by atoms with Crippen molar-refractivity contribution in [2.45, 2.75) is 18.6 Å². The summed E-state index contributed by atoms with van der Waals surface area (Å²) < 4.78 is 37.0. The van der Waals surface area contributed by atoms with Gasteiger partial charge in [-0.25, -0.2) is 0 Å². The Kier molecular flexibility index (Phi) is 5.19. The number of likely N-dealkylation sites (N-methyl/N-ethyl adjacent to an activating group) is 1. The molecular formula is C18H15Cl2F3N2O. The molecule has 0 aromatic heterocycles. The van der Waals surface area contributed by atoms with Crippen molar-refractivity contribution in [3.63, 3.8) is 0 Å². The van der Waals surface area contributed by atoms with Gasteiger partial charge in [0.25, 0.3) is 0 Å². The highest BCUT2D eigenvalue weighted by Gasteiger charge is 2.38. The summed E-state index contributed by atoms with van der Waals surface area (Å²) in [4.78, 5) is 13.1. The summed E-state index contributed by atoms with van der Waals surface area (Å²) in [6.07, 6.45) is -4.92. The summed E-state index contributed by atoms with van der Waals surface area (Å²) >= 11 is 12.5. The number of rotatable bonds is 2. The molecule has 2 aromatic rings.